The molecule has 1 saturated carbocycles. The fourth-order valence-corrected chi connectivity index (χ4v) is 4.79. The molecule has 1 N–H and O–H groups in total. The zero-order valence-electron chi connectivity index (χ0n) is 15.9. The molecular formula is C21H27NO4S. The largest absolute Gasteiger partial charge is 0.480 e. The van der Waals surface area contributed by atoms with E-state index in [0.29, 0.717) is 24.6 Å². The van der Waals surface area contributed by atoms with Crippen LogP contribution in [-0.2, 0) is 27.3 Å². The smallest absolute Gasteiger partial charge is 0.326 e. The van der Waals surface area contributed by atoms with Gasteiger partial charge in [0.15, 0.2) is 5.12 Å². The molecule has 6 heteroatoms. The Bertz CT molecular complexity index is 742. The van der Waals surface area contributed by atoms with Gasteiger partial charge in [-0.2, -0.15) is 0 Å². The molecule has 1 fully saturated rings. The third-order valence-corrected chi connectivity index (χ3v) is 6.79. The van der Waals surface area contributed by atoms with Crippen LogP contribution in [0.2, 0.25) is 0 Å². The number of carbonyl (C=O) groups is 3. The first-order chi connectivity index (χ1) is 12.9. The lowest BCUT2D eigenvalue weighted by Gasteiger charge is -2.36. The molecule has 1 heterocycles. The first kappa shape index (κ1) is 19.9. The topological polar surface area (TPSA) is 74.7 Å². The second-order valence-electron chi connectivity index (χ2n) is 7.74. The fraction of sp³-hybridized carbons (Fsp3) is 0.571. The van der Waals surface area contributed by atoms with Gasteiger partial charge in [-0.3, -0.25) is 9.59 Å². The van der Waals surface area contributed by atoms with Gasteiger partial charge in [-0.15, -0.1) is 0 Å². The van der Waals surface area contributed by atoms with Crippen molar-refractivity contribution >= 4 is 28.8 Å². The predicted octanol–water partition coefficient (Wildman–Crippen LogP) is 3.60. The van der Waals surface area contributed by atoms with Crippen LogP contribution in [0.25, 0.3) is 0 Å². The van der Waals surface area contributed by atoms with Crippen molar-refractivity contribution in [1.82, 2.24) is 4.90 Å². The van der Waals surface area contributed by atoms with E-state index in [-0.39, 0.29) is 16.9 Å². The molecule has 0 bridgehead atoms. The second kappa shape index (κ2) is 8.46. The molecule has 2 unspecified atom stereocenters. The maximum absolute atomic E-state index is 12.9. The van der Waals surface area contributed by atoms with Crippen LogP contribution >= 0.6 is 11.8 Å². The average Bonchev–Trinajstić information content (AvgIpc) is 3.18. The van der Waals surface area contributed by atoms with Gasteiger partial charge in [-0.1, -0.05) is 49.7 Å². The summed E-state index contributed by atoms with van der Waals surface area (Å²) in [5.74, 6) is -0.581. The summed E-state index contributed by atoms with van der Waals surface area (Å²) in [6, 6.07) is 5.53. The standard InChI is InChI=1S/C21H27NO4S/c1-13(12-27-14(2)23)20(24)22-11-18-9-16(15-5-3-4-6-15)7-8-17(18)10-19(22)21(25)26/h7-9,13,15,19H,3-6,10-12H2,1-2H3,(H,25,26). The van der Waals surface area contributed by atoms with Gasteiger partial charge in [0, 0.05) is 31.6 Å². The minimum Gasteiger partial charge on any atom is -0.480 e. The van der Waals surface area contributed by atoms with Crippen LogP contribution in [-0.4, -0.2) is 38.8 Å². The van der Waals surface area contributed by atoms with Gasteiger partial charge < -0.3 is 10.0 Å². The highest BCUT2D eigenvalue weighted by molar-refractivity contribution is 8.13. The first-order valence-corrected chi connectivity index (χ1v) is 10.6. The van der Waals surface area contributed by atoms with Gasteiger partial charge in [-0.05, 0) is 35.4 Å². The van der Waals surface area contributed by atoms with Crippen molar-refractivity contribution in [2.75, 3.05) is 5.75 Å². The molecule has 1 aromatic carbocycles. The average molecular weight is 390 g/mol. The molecule has 0 spiro atoms. The van der Waals surface area contributed by atoms with E-state index in [9.17, 15) is 19.5 Å². The van der Waals surface area contributed by atoms with Crippen LogP contribution in [0.15, 0.2) is 18.2 Å². The van der Waals surface area contributed by atoms with E-state index in [1.807, 2.05) is 0 Å². The predicted molar refractivity (Wildman–Crippen MR) is 106 cm³/mol. The number of carboxylic acids is 1. The highest BCUT2D eigenvalue weighted by atomic mass is 32.2. The van der Waals surface area contributed by atoms with Crippen molar-refractivity contribution in [3.63, 3.8) is 0 Å². The van der Waals surface area contributed by atoms with Gasteiger partial charge in [0.25, 0.3) is 0 Å². The minimum absolute atomic E-state index is 0.0328. The molecular weight excluding hydrogens is 362 g/mol. The van der Waals surface area contributed by atoms with Crippen molar-refractivity contribution in [3.8, 4) is 0 Å². The molecule has 2 aliphatic rings. The maximum Gasteiger partial charge on any atom is 0.326 e. The summed E-state index contributed by atoms with van der Waals surface area (Å²) in [7, 11) is 0. The molecule has 0 saturated heterocycles. The van der Waals surface area contributed by atoms with E-state index in [1.165, 1.54) is 43.1 Å². The zero-order valence-corrected chi connectivity index (χ0v) is 16.8. The number of hydrogen-bond donors (Lipinski definition) is 1. The SMILES string of the molecule is CC(=O)SCC(C)C(=O)N1Cc2cc(C3CCCC3)ccc2CC1C(=O)O. The third kappa shape index (κ3) is 4.54. The van der Waals surface area contributed by atoms with Gasteiger partial charge in [0.1, 0.15) is 6.04 Å². The number of amides is 1. The molecule has 0 aromatic heterocycles. The van der Waals surface area contributed by atoms with Crippen LogP contribution in [0.5, 0.6) is 0 Å². The number of nitrogens with zero attached hydrogens (tertiary/aromatic N) is 1. The van der Waals surface area contributed by atoms with Crippen molar-refractivity contribution < 1.29 is 19.5 Å². The Balaban J connectivity index is 1.81. The Morgan fingerprint density at radius 3 is 2.56 bits per heavy atom. The minimum atomic E-state index is -0.972. The Hall–Kier alpha value is -1.82. The molecule has 0 radical (unpaired) electrons. The molecule has 2 atom stereocenters. The number of benzene rings is 1. The summed E-state index contributed by atoms with van der Waals surface area (Å²) >= 11 is 1.11. The zero-order chi connectivity index (χ0) is 19.6. The Labute approximate surface area is 164 Å². The molecule has 146 valence electrons. The quantitative estimate of drug-likeness (QED) is 0.833. The van der Waals surface area contributed by atoms with Crippen molar-refractivity contribution in [1.29, 1.82) is 0 Å². The van der Waals surface area contributed by atoms with E-state index in [0.717, 1.165) is 22.9 Å². The van der Waals surface area contributed by atoms with Gasteiger partial charge in [0.2, 0.25) is 5.91 Å². The Morgan fingerprint density at radius 1 is 1.22 bits per heavy atom. The van der Waals surface area contributed by atoms with Crippen LogP contribution < -0.4 is 0 Å². The molecule has 1 amide bonds. The number of fused-ring (bicyclic) bond motifs is 1. The summed E-state index contributed by atoms with van der Waals surface area (Å²) in [5.41, 5.74) is 3.41. The number of carbonyl (C=O) groups excluding carboxylic acids is 2. The molecule has 1 aromatic rings. The number of aliphatic carboxylic acids is 1. The Kier molecular flexibility index (Phi) is 6.25. The van der Waals surface area contributed by atoms with Crippen molar-refractivity contribution in [2.24, 2.45) is 5.92 Å². The Morgan fingerprint density at radius 2 is 1.93 bits per heavy atom. The third-order valence-electron chi connectivity index (χ3n) is 5.71. The highest BCUT2D eigenvalue weighted by Gasteiger charge is 2.36. The fourth-order valence-electron chi connectivity index (χ4n) is 4.17. The highest BCUT2D eigenvalue weighted by Crippen LogP contribution is 2.36. The molecule has 1 aliphatic heterocycles. The number of rotatable bonds is 5. The first-order valence-electron chi connectivity index (χ1n) is 9.65. The van der Waals surface area contributed by atoms with Gasteiger partial charge in [0.05, 0.1) is 0 Å². The van der Waals surface area contributed by atoms with Crippen LogP contribution in [0.3, 0.4) is 0 Å². The van der Waals surface area contributed by atoms with Gasteiger partial charge in [-0.25, -0.2) is 4.79 Å². The van der Waals surface area contributed by atoms with E-state index >= 15 is 0 Å². The lowest BCUT2D eigenvalue weighted by Crippen LogP contribution is -2.50. The number of hydrogen-bond acceptors (Lipinski definition) is 4. The molecule has 5 nitrogen and oxygen atoms in total. The summed E-state index contributed by atoms with van der Waals surface area (Å²) in [6.45, 7) is 3.58. The maximum atomic E-state index is 12.9. The van der Waals surface area contributed by atoms with Crippen molar-refractivity contribution in [2.45, 2.75) is 64.5 Å². The molecule has 1 aliphatic carbocycles. The van der Waals surface area contributed by atoms with E-state index < -0.39 is 12.0 Å². The number of thioether (sulfide) groups is 1. The van der Waals surface area contributed by atoms with Gasteiger partial charge >= 0.3 is 5.97 Å². The van der Waals surface area contributed by atoms with E-state index in [4.69, 9.17) is 0 Å². The van der Waals surface area contributed by atoms with E-state index in [1.54, 1.807) is 6.92 Å². The lowest BCUT2D eigenvalue weighted by atomic mass is 9.88. The lowest BCUT2D eigenvalue weighted by molar-refractivity contribution is -0.152. The molecule has 27 heavy (non-hydrogen) atoms. The normalized spacial score (nSPS) is 21.0. The van der Waals surface area contributed by atoms with Crippen LogP contribution in [0.4, 0.5) is 0 Å². The van der Waals surface area contributed by atoms with Crippen molar-refractivity contribution in [3.05, 3.63) is 34.9 Å². The monoisotopic (exact) mass is 389 g/mol. The summed E-state index contributed by atoms with van der Waals surface area (Å²) in [5, 5.41) is 9.62. The summed E-state index contributed by atoms with van der Waals surface area (Å²) < 4.78 is 0. The summed E-state index contributed by atoms with van der Waals surface area (Å²) in [6.07, 6.45) is 5.28. The number of carboxylic acid groups (broad SMARTS) is 1. The molecule has 3 rings (SSSR count). The second-order valence-corrected chi connectivity index (χ2v) is 8.93. The van der Waals surface area contributed by atoms with Crippen LogP contribution in [0.1, 0.15) is 62.1 Å². The van der Waals surface area contributed by atoms with Crippen LogP contribution in [0, 0.1) is 5.92 Å². The summed E-state index contributed by atoms with van der Waals surface area (Å²) in [4.78, 5) is 37.4. The van der Waals surface area contributed by atoms with E-state index in [2.05, 4.69) is 18.2 Å².